The number of nitrogens with zero attached hydrogens (tertiary/aromatic N) is 6. The molecule has 0 aliphatic heterocycles. The summed E-state index contributed by atoms with van der Waals surface area (Å²) in [5, 5.41) is 12.8. The molecule has 0 aliphatic rings. The summed E-state index contributed by atoms with van der Waals surface area (Å²) in [5.41, 5.74) is 14.6. The molecule has 7 aromatic heterocycles. The summed E-state index contributed by atoms with van der Waals surface area (Å²) in [6.07, 6.45) is 0. The summed E-state index contributed by atoms with van der Waals surface area (Å²) in [7, 11) is 0. The van der Waals surface area contributed by atoms with Crippen LogP contribution in [0.5, 0.6) is 0 Å². The number of fused-ring (bicyclic) bond motifs is 21. The van der Waals surface area contributed by atoms with Gasteiger partial charge in [-0.25, -0.2) is 4.98 Å². The number of hydrogen-bond donors (Lipinski definition) is 0. The van der Waals surface area contributed by atoms with Gasteiger partial charge in [-0.05, 0) is 97.1 Å². The highest BCUT2D eigenvalue weighted by molar-refractivity contribution is 6.26. The molecule has 0 saturated heterocycles. The van der Waals surface area contributed by atoms with E-state index >= 15 is 0 Å². The highest BCUT2D eigenvalue weighted by atomic mass is 16.3. The topological polar surface area (TPSA) is 92.9 Å². The van der Waals surface area contributed by atoms with Crippen molar-refractivity contribution in [2.24, 2.45) is 0 Å². The third-order valence-corrected chi connectivity index (χ3v) is 16.1. The third kappa shape index (κ3) is 5.55. The van der Waals surface area contributed by atoms with Crippen molar-refractivity contribution in [2.75, 3.05) is 0 Å². The van der Waals surface area contributed by atoms with Crippen LogP contribution in [0, 0.1) is 0 Å². The zero-order chi connectivity index (χ0) is 50.7. The first-order valence-electron chi connectivity index (χ1n) is 26.2. The Kier molecular flexibility index (Phi) is 8.21. The Labute approximate surface area is 441 Å². The van der Waals surface area contributed by atoms with Gasteiger partial charge in [-0.1, -0.05) is 133 Å². The smallest absolute Gasteiger partial charge is 0.238 e. The molecule has 0 fully saturated rings. The van der Waals surface area contributed by atoms with Crippen molar-refractivity contribution in [1.29, 1.82) is 0 Å². The Morgan fingerprint density at radius 3 is 0.974 bits per heavy atom. The molecule has 0 N–H and O–H groups in total. The number of para-hydroxylation sites is 8. The lowest BCUT2D eigenvalue weighted by Crippen LogP contribution is -2.09. The predicted molar refractivity (Wildman–Crippen MR) is 316 cm³/mol. The average molecular weight is 999 g/mol. The van der Waals surface area contributed by atoms with Gasteiger partial charge in [-0.3, -0.25) is 4.57 Å². The van der Waals surface area contributed by atoms with Crippen LogP contribution in [-0.2, 0) is 0 Å². The van der Waals surface area contributed by atoms with E-state index in [9.17, 15) is 0 Å². The van der Waals surface area contributed by atoms with Crippen molar-refractivity contribution in [3.8, 4) is 40.1 Å². The van der Waals surface area contributed by atoms with E-state index in [0.29, 0.717) is 17.6 Å². The zero-order valence-corrected chi connectivity index (χ0v) is 41.3. The Balaban J connectivity index is 0.936. The Hall–Kier alpha value is -10.8. The van der Waals surface area contributed by atoms with Crippen LogP contribution in [0.2, 0.25) is 0 Å². The first kappa shape index (κ1) is 41.6. The first-order valence-corrected chi connectivity index (χ1v) is 26.2. The molecule has 0 radical (unpaired) electrons. The van der Waals surface area contributed by atoms with E-state index in [1.54, 1.807) is 0 Å². The van der Waals surface area contributed by atoms with Gasteiger partial charge in [0.15, 0.2) is 11.6 Å². The fourth-order valence-corrected chi connectivity index (χ4v) is 12.9. The minimum Gasteiger partial charge on any atom is -0.455 e. The van der Waals surface area contributed by atoms with Crippen LogP contribution >= 0.6 is 0 Å². The van der Waals surface area contributed by atoms with Crippen LogP contribution < -0.4 is 0 Å². The van der Waals surface area contributed by atoms with Gasteiger partial charge in [0.1, 0.15) is 33.5 Å². The maximum atomic E-state index is 6.77. The molecule has 0 atom stereocenters. The number of rotatable bonds is 5. The van der Waals surface area contributed by atoms with Gasteiger partial charge in [0, 0.05) is 59.6 Å². The quantitative estimate of drug-likeness (QED) is 0.171. The van der Waals surface area contributed by atoms with Gasteiger partial charge in [0.2, 0.25) is 5.95 Å². The van der Waals surface area contributed by atoms with Crippen molar-refractivity contribution >= 4 is 131 Å². The van der Waals surface area contributed by atoms with Gasteiger partial charge in [0.05, 0.1) is 60.6 Å². The Bertz CT molecular complexity index is 5360. The molecule has 0 bridgehead atoms. The highest BCUT2D eigenvalue weighted by Crippen LogP contribution is 2.46. The van der Waals surface area contributed by atoms with Crippen LogP contribution in [0.3, 0.4) is 0 Å². The maximum absolute atomic E-state index is 6.77. The van der Waals surface area contributed by atoms with E-state index in [1.807, 2.05) is 36.4 Å². The van der Waals surface area contributed by atoms with Crippen LogP contribution in [0.4, 0.5) is 0 Å². The maximum Gasteiger partial charge on any atom is 0.238 e. The molecule has 18 aromatic rings. The second-order valence-corrected chi connectivity index (χ2v) is 20.2. The lowest BCUT2D eigenvalue weighted by molar-refractivity contribution is 0.672. The molecule has 11 aromatic carbocycles. The van der Waals surface area contributed by atoms with Crippen LogP contribution in [0.25, 0.3) is 171 Å². The van der Waals surface area contributed by atoms with E-state index in [4.69, 9.17) is 28.2 Å². The standard InChI is InChI=1S/C69H38N6O3/c1-9-25-50-45(20-1)61-55(36-33-42-39-17-6-14-30-58(39)76-64(42)61)73(50)53-28-12-4-23-48(53)67-70-68(72-69(71-67)75-52-27-11-3-22-47(52)63-57(75)38-35-44-41-19-8-16-32-60(41)78-66(44)63)49-24-5-13-29-54(49)74-51-26-10-2-21-46(51)62-56(74)37-34-43-40-18-7-15-31-59(40)77-65(43)62/h1-38H. The minimum absolute atomic E-state index is 0.471. The van der Waals surface area contributed by atoms with Gasteiger partial charge in [0.25, 0.3) is 0 Å². The molecule has 9 heteroatoms. The van der Waals surface area contributed by atoms with E-state index in [1.165, 1.54) is 0 Å². The Morgan fingerprint density at radius 2 is 0.564 bits per heavy atom. The van der Waals surface area contributed by atoms with E-state index < -0.39 is 0 Å². The number of aromatic nitrogens is 6. The van der Waals surface area contributed by atoms with Gasteiger partial charge in [-0.2, -0.15) is 9.97 Å². The largest absolute Gasteiger partial charge is 0.455 e. The molecule has 0 saturated carbocycles. The van der Waals surface area contributed by atoms with E-state index in [2.05, 4.69) is 208 Å². The molecule has 0 amide bonds. The first-order chi connectivity index (χ1) is 38.7. The van der Waals surface area contributed by atoms with E-state index in [-0.39, 0.29) is 0 Å². The van der Waals surface area contributed by atoms with Crippen LogP contribution in [0.15, 0.2) is 244 Å². The molecule has 0 spiro atoms. The van der Waals surface area contributed by atoms with Gasteiger partial charge in [-0.15, -0.1) is 0 Å². The summed E-state index contributed by atoms with van der Waals surface area (Å²) in [5.74, 6) is 1.50. The normalized spacial score (nSPS) is 12.4. The summed E-state index contributed by atoms with van der Waals surface area (Å²) >= 11 is 0. The van der Waals surface area contributed by atoms with Gasteiger partial charge < -0.3 is 22.4 Å². The van der Waals surface area contributed by atoms with Gasteiger partial charge >= 0.3 is 0 Å². The van der Waals surface area contributed by atoms with Crippen molar-refractivity contribution in [3.05, 3.63) is 231 Å². The molecule has 78 heavy (non-hydrogen) atoms. The average Bonchev–Trinajstić information content (AvgIpc) is 4.51. The van der Waals surface area contributed by atoms with Crippen LogP contribution in [0.1, 0.15) is 0 Å². The Morgan fingerprint density at radius 1 is 0.244 bits per heavy atom. The molecule has 7 heterocycles. The molecule has 9 nitrogen and oxygen atoms in total. The summed E-state index contributed by atoms with van der Waals surface area (Å²) < 4.78 is 27.1. The summed E-state index contributed by atoms with van der Waals surface area (Å²) in [6, 6.07) is 80.4. The molecular weight excluding hydrogens is 961 g/mol. The summed E-state index contributed by atoms with van der Waals surface area (Å²) in [6.45, 7) is 0. The SMILES string of the molecule is c1ccc(-n2c3ccccc3c3c4oc5ccccc5c4ccc32)c(-c2nc(-c3ccccc3-n3c4ccccc4c4c5oc6ccccc6c5ccc43)nc(-n3c4ccccc4c4c5oc6ccccc6c5ccc43)n2)c1. The second-order valence-electron chi connectivity index (χ2n) is 20.2. The molecule has 18 rings (SSSR count). The number of furan rings is 3. The number of benzene rings is 11. The predicted octanol–water partition coefficient (Wildman–Crippen LogP) is 18.2. The van der Waals surface area contributed by atoms with Crippen LogP contribution in [-0.4, -0.2) is 28.7 Å². The third-order valence-electron chi connectivity index (χ3n) is 16.1. The van der Waals surface area contributed by atoms with Crippen molar-refractivity contribution < 1.29 is 13.3 Å². The molecule has 362 valence electrons. The lowest BCUT2D eigenvalue weighted by Gasteiger charge is -2.17. The van der Waals surface area contributed by atoms with Crippen molar-refractivity contribution in [3.63, 3.8) is 0 Å². The van der Waals surface area contributed by atoms with Crippen molar-refractivity contribution in [1.82, 2.24) is 28.7 Å². The molecule has 0 unspecified atom stereocenters. The second kappa shape index (κ2) is 15.4. The fraction of sp³-hybridized carbons (Fsp3) is 0. The molecular formula is C69H38N6O3. The minimum atomic E-state index is 0.471. The van der Waals surface area contributed by atoms with E-state index in [0.717, 1.165) is 154 Å². The van der Waals surface area contributed by atoms with Crippen molar-refractivity contribution in [2.45, 2.75) is 0 Å². The molecule has 0 aliphatic carbocycles. The summed E-state index contributed by atoms with van der Waals surface area (Å²) in [4.78, 5) is 16.8. The zero-order valence-electron chi connectivity index (χ0n) is 41.3. The fourth-order valence-electron chi connectivity index (χ4n) is 12.9. The highest BCUT2D eigenvalue weighted by Gasteiger charge is 2.27. The lowest BCUT2D eigenvalue weighted by atomic mass is 10.1. The monoisotopic (exact) mass is 998 g/mol. The number of hydrogen-bond acceptors (Lipinski definition) is 6.